The van der Waals surface area contributed by atoms with Gasteiger partial charge in [-0.3, -0.25) is 9.59 Å². The standard InChI is InChI=1S/C24H18Cl2N2O3/c25-16-10-17(26)12-18(11-16)27-24(30)14-28-13-21(20-8-4-5-9-22(20)28)23(29)15-31-19-6-2-1-3-7-19/h1-13H,14-15H2,(H,27,30). The second-order valence-corrected chi connectivity index (χ2v) is 7.79. The fourth-order valence-electron chi connectivity index (χ4n) is 3.32. The molecule has 0 saturated heterocycles. The molecule has 1 heterocycles. The van der Waals surface area contributed by atoms with Gasteiger partial charge in [0.05, 0.1) is 0 Å². The highest BCUT2D eigenvalue weighted by atomic mass is 35.5. The van der Waals surface area contributed by atoms with E-state index < -0.39 is 0 Å². The van der Waals surface area contributed by atoms with Gasteiger partial charge in [0.1, 0.15) is 12.3 Å². The molecule has 1 amide bonds. The van der Waals surface area contributed by atoms with Gasteiger partial charge in [-0.2, -0.15) is 0 Å². The van der Waals surface area contributed by atoms with Gasteiger partial charge in [0.2, 0.25) is 11.7 Å². The molecule has 0 radical (unpaired) electrons. The first kappa shape index (κ1) is 21.0. The van der Waals surface area contributed by atoms with Crippen LogP contribution in [0.1, 0.15) is 10.4 Å². The fourth-order valence-corrected chi connectivity index (χ4v) is 3.85. The van der Waals surface area contributed by atoms with Gasteiger partial charge < -0.3 is 14.6 Å². The first-order valence-electron chi connectivity index (χ1n) is 9.54. The molecule has 1 aromatic heterocycles. The number of hydrogen-bond donors (Lipinski definition) is 1. The number of fused-ring (bicyclic) bond motifs is 1. The van der Waals surface area contributed by atoms with Crippen molar-refractivity contribution in [1.29, 1.82) is 0 Å². The SMILES string of the molecule is O=C(Cn1cc(C(=O)COc2ccccc2)c2ccccc21)Nc1cc(Cl)cc(Cl)c1. The zero-order valence-corrected chi connectivity index (χ0v) is 17.9. The van der Waals surface area contributed by atoms with Crippen molar-refractivity contribution < 1.29 is 14.3 Å². The van der Waals surface area contributed by atoms with Gasteiger partial charge in [0, 0.05) is 38.4 Å². The number of ether oxygens (including phenoxy) is 1. The van der Waals surface area contributed by atoms with Gasteiger partial charge in [-0.15, -0.1) is 0 Å². The summed E-state index contributed by atoms with van der Waals surface area (Å²) in [6.07, 6.45) is 1.69. The lowest BCUT2D eigenvalue weighted by atomic mass is 10.1. The molecule has 1 N–H and O–H groups in total. The summed E-state index contributed by atoms with van der Waals surface area (Å²) in [5, 5.41) is 4.41. The van der Waals surface area contributed by atoms with Gasteiger partial charge >= 0.3 is 0 Å². The predicted molar refractivity (Wildman–Crippen MR) is 123 cm³/mol. The molecule has 0 unspecified atom stereocenters. The van der Waals surface area contributed by atoms with Gasteiger partial charge in [0.15, 0.2) is 6.61 Å². The third kappa shape index (κ3) is 5.08. The Kier molecular flexibility index (Phi) is 6.26. The average Bonchev–Trinajstić information content (AvgIpc) is 3.10. The highest BCUT2D eigenvalue weighted by Gasteiger charge is 2.17. The largest absolute Gasteiger partial charge is 0.485 e. The molecule has 7 heteroatoms. The Bertz CT molecular complexity index is 1230. The van der Waals surface area contributed by atoms with Crippen molar-refractivity contribution in [2.24, 2.45) is 0 Å². The van der Waals surface area contributed by atoms with E-state index in [2.05, 4.69) is 5.32 Å². The van der Waals surface area contributed by atoms with Gasteiger partial charge in [-0.05, 0) is 36.4 Å². The number of anilines is 1. The topological polar surface area (TPSA) is 60.3 Å². The van der Waals surface area contributed by atoms with Crippen LogP contribution in [0.25, 0.3) is 10.9 Å². The Balaban J connectivity index is 1.53. The first-order chi connectivity index (χ1) is 15.0. The van der Waals surface area contributed by atoms with E-state index in [1.807, 2.05) is 42.5 Å². The molecule has 0 aliphatic heterocycles. The number of amides is 1. The van der Waals surface area contributed by atoms with E-state index in [9.17, 15) is 9.59 Å². The summed E-state index contributed by atoms with van der Waals surface area (Å²) in [5.41, 5.74) is 1.79. The zero-order chi connectivity index (χ0) is 21.8. The number of Topliss-reactive ketones (excluding diaryl/α,β-unsaturated/α-hetero) is 1. The predicted octanol–water partition coefficient (Wildman–Crippen LogP) is 5.85. The van der Waals surface area contributed by atoms with E-state index in [0.29, 0.717) is 27.0 Å². The molecule has 0 spiro atoms. The van der Waals surface area contributed by atoms with E-state index >= 15 is 0 Å². The molecule has 31 heavy (non-hydrogen) atoms. The average molecular weight is 453 g/mol. The second-order valence-electron chi connectivity index (χ2n) is 6.92. The summed E-state index contributed by atoms with van der Waals surface area (Å²) >= 11 is 12.0. The highest BCUT2D eigenvalue weighted by Crippen LogP contribution is 2.24. The van der Waals surface area contributed by atoms with Crippen LogP contribution in [0.15, 0.2) is 79.0 Å². The molecule has 0 atom stereocenters. The molecular formula is C24H18Cl2N2O3. The summed E-state index contributed by atoms with van der Waals surface area (Å²) in [4.78, 5) is 25.4. The van der Waals surface area contributed by atoms with Crippen molar-refractivity contribution in [3.63, 3.8) is 0 Å². The quantitative estimate of drug-likeness (QED) is 0.357. The van der Waals surface area contributed by atoms with Crippen LogP contribution >= 0.6 is 23.2 Å². The Morgan fingerprint density at radius 3 is 2.32 bits per heavy atom. The zero-order valence-electron chi connectivity index (χ0n) is 16.3. The van der Waals surface area contributed by atoms with Gasteiger partial charge in [-0.25, -0.2) is 0 Å². The minimum absolute atomic E-state index is 0.0253. The molecule has 0 aliphatic carbocycles. The van der Waals surface area contributed by atoms with Crippen LogP contribution in [0.2, 0.25) is 10.0 Å². The number of aromatic nitrogens is 1. The number of para-hydroxylation sites is 2. The highest BCUT2D eigenvalue weighted by molar-refractivity contribution is 6.35. The van der Waals surface area contributed by atoms with Crippen LogP contribution in [-0.4, -0.2) is 22.9 Å². The molecule has 4 aromatic rings. The normalized spacial score (nSPS) is 10.8. The molecule has 4 rings (SSSR count). The van der Waals surface area contributed by atoms with Gasteiger partial charge in [-0.1, -0.05) is 59.6 Å². The van der Waals surface area contributed by atoms with Crippen LogP contribution in [0, 0.1) is 0 Å². The number of halogens is 2. The number of hydrogen-bond acceptors (Lipinski definition) is 3. The van der Waals surface area contributed by atoms with Crippen molar-refractivity contribution in [2.75, 3.05) is 11.9 Å². The number of rotatable bonds is 7. The van der Waals surface area contributed by atoms with Crippen LogP contribution < -0.4 is 10.1 Å². The first-order valence-corrected chi connectivity index (χ1v) is 10.3. The minimum atomic E-state index is -0.265. The van der Waals surface area contributed by atoms with E-state index in [4.69, 9.17) is 27.9 Å². The third-order valence-electron chi connectivity index (χ3n) is 4.66. The van der Waals surface area contributed by atoms with E-state index in [-0.39, 0.29) is 24.8 Å². The summed E-state index contributed by atoms with van der Waals surface area (Å²) in [6.45, 7) is -0.0668. The maximum Gasteiger partial charge on any atom is 0.244 e. The fraction of sp³-hybridized carbons (Fsp3) is 0.0833. The molecule has 0 aliphatic rings. The number of carbonyl (C=O) groups excluding carboxylic acids is 2. The Hall–Kier alpha value is -3.28. The summed E-state index contributed by atoms with van der Waals surface area (Å²) in [7, 11) is 0. The molecular weight excluding hydrogens is 435 g/mol. The van der Waals surface area contributed by atoms with Crippen molar-refractivity contribution in [1.82, 2.24) is 4.57 Å². The Morgan fingerprint density at radius 2 is 1.58 bits per heavy atom. The summed E-state index contributed by atoms with van der Waals surface area (Å²) < 4.78 is 7.34. The molecule has 0 fully saturated rings. The smallest absolute Gasteiger partial charge is 0.244 e. The van der Waals surface area contributed by atoms with Crippen LogP contribution in [0.5, 0.6) is 5.75 Å². The molecule has 0 bridgehead atoms. The number of nitrogens with zero attached hydrogens (tertiary/aromatic N) is 1. The monoisotopic (exact) mass is 452 g/mol. The molecule has 0 saturated carbocycles. The van der Waals surface area contributed by atoms with E-state index in [0.717, 1.165) is 10.9 Å². The third-order valence-corrected chi connectivity index (χ3v) is 5.10. The lowest BCUT2D eigenvalue weighted by molar-refractivity contribution is -0.116. The lowest BCUT2D eigenvalue weighted by Gasteiger charge is -2.08. The maximum atomic E-state index is 12.8. The van der Waals surface area contributed by atoms with Crippen molar-refractivity contribution in [2.45, 2.75) is 6.54 Å². The number of nitrogens with one attached hydrogen (secondary N) is 1. The Labute approximate surface area is 189 Å². The molecule has 3 aromatic carbocycles. The van der Waals surface area contributed by atoms with E-state index in [1.54, 1.807) is 41.1 Å². The summed E-state index contributed by atoms with van der Waals surface area (Å²) in [6, 6.07) is 21.4. The minimum Gasteiger partial charge on any atom is -0.485 e. The lowest BCUT2D eigenvalue weighted by Crippen LogP contribution is -2.18. The van der Waals surface area contributed by atoms with Crippen LogP contribution in [-0.2, 0) is 11.3 Å². The van der Waals surface area contributed by atoms with Gasteiger partial charge in [0.25, 0.3) is 0 Å². The van der Waals surface area contributed by atoms with Crippen molar-refractivity contribution in [3.8, 4) is 5.75 Å². The molecule has 156 valence electrons. The van der Waals surface area contributed by atoms with Crippen LogP contribution in [0.4, 0.5) is 5.69 Å². The van der Waals surface area contributed by atoms with Crippen molar-refractivity contribution >= 4 is 51.5 Å². The van der Waals surface area contributed by atoms with Crippen LogP contribution in [0.3, 0.4) is 0 Å². The Morgan fingerprint density at radius 1 is 0.903 bits per heavy atom. The van der Waals surface area contributed by atoms with E-state index in [1.165, 1.54) is 0 Å². The number of carbonyl (C=O) groups is 2. The maximum absolute atomic E-state index is 12.8. The summed E-state index contributed by atoms with van der Waals surface area (Å²) in [5.74, 6) is 0.193. The molecule has 5 nitrogen and oxygen atoms in total. The number of benzene rings is 3. The van der Waals surface area contributed by atoms with Crippen molar-refractivity contribution in [3.05, 3.63) is 94.6 Å². The number of ketones is 1. The second kappa shape index (κ2) is 9.25.